The second-order valence-electron chi connectivity index (χ2n) is 7.47. The normalized spacial score (nSPS) is 21.1. The van der Waals surface area contributed by atoms with Gasteiger partial charge in [0.2, 0.25) is 0 Å². The Hall–Kier alpha value is -1.86. The predicted molar refractivity (Wildman–Crippen MR) is 102 cm³/mol. The summed E-state index contributed by atoms with van der Waals surface area (Å²) in [5.74, 6) is 0.0391. The van der Waals surface area contributed by atoms with E-state index in [0.29, 0.717) is 34.8 Å². The maximum Gasteiger partial charge on any atom is 0.333 e. The lowest BCUT2D eigenvalue weighted by Crippen LogP contribution is -2.32. The van der Waals surface area contributed by atoms with Crippen molar-refractivity contribution in [2.75, 3.05) is 18.0 Å². The Bertz CT molecular complexity index is 964. The van der Waals surface area contributed by atoms with Gasteiger partial charge in [0.05, 0.1) is 17.4 Å². The Balaban J connectivity index is 0.00000196. The third-order valence-electron chi connectivity index (χ3n) is 5.63. The maximum atomic E-state index is 14.9. The van der Waals surface area contributed by atoms with E-state index in [1.54, 1.807) is 6.92 Å². The molecule has 1 aliphatic carbocycles. The van der Waals surface area contributed by atoms with Crippen molar-refractivity contribution in [3.05, 3.63) is 44.0 Å². The first-order valence-corrected chi connectivity index (χ1v) is 8.86. The number of hydrogen-bond acceptors (Lipinski definition) is 4. The van der Waals surface area contributed by atoms with Crippen LogP contribution in [0.3, 0.4) is 0 Å². The number of fused-ring (bicyclic) bond motifs is 1. The first-order valence-electron chi connectivity index (χ1n) is 8.86. The number of nitrogens with two attached hydrogens (primary N) is 1. The summed E-state index contributed by atoms with van der Waals surface area (Å²) in [6.07, 6.45) is 3.99. The van der Waals surface area contributed by atoms with Crippen LogP contribution in [0.25, 0.3) is 5.52 Å². The first-order chi connectivity index (χ1) is 11.9. The molecule has 2 aromatic rings. The smallest absolute Gasteiger partial charge is 0.333 e. The number of anilines is 1. The van der Waals surface area contributed by atoms with E-state index in [-0.39, 0.29) is 29.9 Å². The summed E-state index contributed by atoms with van der Waals surface area (Å²) in [6, 6.07) is 0.0568. The fourth-order valence-corrected chi connectivity index (χ4v) is 4.09. The predicted octanol–water partition coefficient (Wildman–Crippen LogP) is 1.91. The Morgan fingerprint density at radius 1 is 1.31 bits per heavy atom. The van der Waals surface area contributed by atoms with Crippen LogP contribution in [0.5, 0.6) is 0 Å². The number of nitrogens with one attached hydrogen (secondary N) is 1. The van der Waals surface area contributed by atoms with E-state index in [0.717, 1.165) is 25.8 Å². The molecule has 4 rings (SSSR count). The van der Waals surface area contributed by atoms with Gasteiger partial charge in [0.15, 0.2) is 5.82 Å². The van der Waals surface area contributed by atoms with Gasteiger partial charge in [0.25, 0.3) is 5.56 Å². The van der Waals surface area contributed by atoms with Crippen molar-refractivity contribution >= 4 is 23.6 Å². The Kier molecular flexibility index (Phi) is 4.88. The second-order valence-corrected chi connectivity index (χ2v) is 7.47. The van der Waals surface area contributed by atoms with Gasteiger partial charge >= 0.3 is 5.69 Å². The van der Waals surface area contributed by atoms with Crippen LogP contribution in [0, 0.1) is 18.7 Å². The molecule has 2 aromatic heterocycles. The van der Waals surface area contributed by atoms with Gasteiger partial charge in [0.1, 0.15) is 0 Å². The van der Waals surface area contributed by atoms with Crippen molar-refractivity contribution in [1.29, 1.82) is 0 Å². The van der Waals surface area contributed by atoms with Crippen LogP contribution in [0.2, 0.25) is 0 Å². The lowest BCUT2D eigenvalue weighted by atomic mass is 10.0. The minimum absolute atomic E-state index is 0. The molecule has 3 heterocycles. The molecule has 0 bridgehead atoms. The molecule has 8 heteroatoms. The van der Waals surface area contributed by atoms with Crippen molar-refractivity contribution in [3.63, 3.8) is 0 Å². The van der Waals surface area contributed by atoms with E-state index in [4.69, 9.17) is 5.73 Å². The van der Waals surface area contributed by atoms with Gasteiger partial charge in [0, 0.05) is 30.3 Å². The highest BCUT2D eigenvalue weighted by molar-refractivity contribution is 5.85. The molecule has 0 spiro atoms. The van der Waals surface area contributed by atoms with Crippen LogP contribution >= 0.6 is 12.4 Å². The molecular weight excluding hydrogens is 359 g/mol. The summed E-state index contributed by atoms with van der Waals surface area (Å²) in [5.41, 5.74) is 7.41. The highest BCUT2D eigenvalue weighted by atomic mass is 35.5. The SMILES string of the molecule is Cc1c(N2CCC([C@@H](C)N)C2)c(F)cn2c(=O)[nH]c(=O)c(C3CC3)c12.Cl. The Labute approximate surface area is 156 Å². The lowest BCUT2D eigenvalue weighted by molar-refractivity contribution is 0.487. The molecule has 0 aromatic carbocycles. The number of H-pyrrole nitrogens is 1. The van der Waals surface area contributed by atoms with E-state index >= 15 is 0 Å². The van der Waals surface area contributed by atoms with Gasteiger partial charge in [-0.25, -0.2) is 9.18 Å². The minimum Gasteiger partial charge on any atom is -0.368 e. The molecule has 0 radical (unpaired) electrons. The number of halogens is 2. The van der Waals surface area contributed by atoms with E-state index in [1.807, 2.05) is 11.8 Å². The first kappa shape index (κ1) is 18.9. The van der Waals surface area contributed by atoms with Crippen LogP contribution in [0.15, 0.2) is 15.8 Å². The van der Waals surface area contributed by atoms with E-state index < -0.39 is 11.5 Å². The molecule has 142 valence electrons. The van der Waals surface area contributed by atoms with Gasteiger partial charge < -0.3 is 10.6 Å². The highest BCUT2D eigenvalue weighted by Crippen LogP contribution is 2.42. The van der Waals surface area contributed by atoms with Crippen LogP contribution in [0.1, 0.15) is 43.2 Å². The molecule has 0 amide bonds. The molecule has 1 saturated heterocycles. The van der Waals surface area contributed by atoms with Crippen molar-refractivity contribution in [1.82, 2.24) is 9.38 Å². The number of pyridine rings is 1. The number of nitrogens with zero attached hydrogens (tertiary/aromatic N) is 2. The monoisotopic (exact) mass is 382 g/mol. The second kappa shape index (κ2) is 6.70. The molecule has 1 unspecified atom stereocenters. The van der Waals surface area contributed by atoms with E-state index in [9.17, 15) is 14.0 Å². The molecule has 1 saturated carbocycles. The third kappa shape index (κ3) is 2.93. The molecule has 2 fully saturated rings. The van der Waals surface area contributed by atoms with Gasteiger partial charge in [-0.2, -0.15) is 0 Å². The fourth-order valence-electron chi connectivity index (χ4n) is 4.09. The summed E-state index contributed by atoms with van der Waals surface area (Å²) in [7, 11) is 0. The number of aryl methyl sites for hydroxylation is 1. The molecular formula is C18H24ClFN4O2. The number of aromatic nitrogens is 2. The van der Waals surface area contributed by atoms with Crippen LogP contribution in [-0.4, -0.2) is 28.5 Å². The zero-order valence-electron chi connectivity index (χ0n) is 14.9. The topological polar surface area (TPSA) is 83.6 Å². The molecule has 2 atom stereocenters. The molecule has 26 heavy (non-hydrogen) atoms. The van der Waals surface area contributed by atoms with Crippen LogP contribution < -0.4 is 21.9 Å². The quantitative estimate of drug-likeness (QED) is 0.849. The van der Waals surface area contributed by atoms with E-state index in [2.05, 4.69) is 4.98 Å². The van der Waals surface area contributed by atoms with Gasteiger partial charge in [-0.05, 0) is 44.9 Å². The molecule has 2 aliphatic rings. The Morgan fingerprint density at radius 2 is 2.00 bits per heavy atom. The summed E-state index contributed by atoms with van der Waals surface area (Å²) in [6.45, 7) is 5.20. The van der Waals surface area contributed by atoms with Gasteiger partial charge in [-0.15, -0.1) is 12.4 Å². The van der Waals surface area contributed by atoms with E-state index in [1.165, 1.54) is 10.6 Å². The van der Waals surface area contributed by atoms with Gasteiger partial charge in [-0.3, -0.25) is 14.2 Å². The van der Waals surface area contributed by atoms with Crippen molar-refractivity contribution in [2.45, 2.75) is 45.1 Å². The zero-order valence-corrected chi connectivity index (χ0v) is 15.7. The van der Waals surface area contributed by atoms with Gasteiger partial charge in [-0.1, -0.05) is 0 Å². The van der Waals surface area contributed by atoms with Crippen molar-refractivity contribution in [2.24, 2.45) is 11.7 Å². The lowest BCUT2D eigenvalue weighted by Gasteiger charge is -2.24. The average Bonchev–Trinajstić information content (AvgIpc) is 3.25. The molecule has 6 nitrogen and oxygen atoms in total. The summed E-state index contributed by atoms with van der Waals surface area (Å²) < 4.78 is 16.1. The number of aromatic amines is 1. The number of rotatable bonds is 3. The van der Waals surface area contributed by atoms with Crippen LogP contribution in [0.4, 0.5) is 10.1 Å². The summed E-state index contributed by atoms with van der Waals surface area (Å²) in [4.78, 5) is 28.9. The third-order valence-corrected chi connectivity index (χ3v) is 5.63. The van der Waals surface area contributed by atoms with Crippen molar-refractivity contribution < 1.29 is 4.39 Å². The van der Waals surface area contributed by atoms with Crippen molar-refractivity contribution in [3.8, 4) is 0 Å². The summed E-state index contributed by atoms with van der Waals surface area (Å²) >= 11 is 0. The Morgan fingerprint density at radius 3 is 2.58 bits per heavy atom. The zero-order chi connectivity index (χ0) is 17.9. The highest BCUT2D eigenvalue weighted by Gasteiger charge is 2.33. The van der Waals surface area contributed by atoms with Crippen LogP contribution in [-0.2, 0) is 0 Å². The minimum atomic E-state index is -0.590. The average molecular weight is 383 g/mol. The fraction of sp³-hybridized carbons (Fsp3) is 0.556. The maximum absolute atomic E-state index is 14.9. The summed E-state index contributed by atoms with van der Waals surface area (Å²) in [5, 5.41) is 0. The largest absolute Gasteiger partial charge is 0.368 e. The number of hydrogen-bond donors (Lipinski definition) is 2. The molecule has 1 aliphatic heterocycles. The standard InChI is InChI=1S/C18H23FN4O2.ClH/c1-9-15(22-6-5-12(7-22)10(2)20)13(19)8-23-16(9)14(11-3-4-11)17(24)21-18(23)25;/h8,10-12H,3-7,20H2,1-2H3,(H,21,24,25);1H/t10-,12?;/m1./s1. The molecule has 3 N–H and O–H groups in total.